The average molecular weight is 254 g/mol. The molecule has 4 nitrogen and oxygen atoms in total. The van der Waals surface area contributed by atoms with E-state index in [1.807, 2.05) is 0 Å². The van der Waals surface area contributed by atoms with Crippen molar-refractivity contribution < 1.29 is 14.3 Å². The van der Waals surface area contributed by atoms with Crippen molar-refractivity contribution in [2.24, 2.45) is 0 Å². The van der Waals surface area contributed by atoms with Gasteiger partial charge in [0, 0.05) is 22.9 Å². The smallest absolute Gasteiger partial charge is 0.330 e. The van der Waals surface area contributed by atoms with Crippen molar-refractivity contribution in [3.8, 4) is 0 Å². The van der Waals surface area contributed by atoms with Crippen molar-refractivity contribution in [1.82, 2.24) is 0 Å². The third kappa shape index (κ3) is 3.92. The third-order valence-corrected chi connectivity index (χ3v) is 2.51. The molecule has 17 heavy (non-hydrogen) atoms. The largest absolute Gasteiger partial charge is 0.466 e. The highest BCUT2D eigenvalue weighted by Gasteiger charge is 2.04. The van der Waals surface area contributed by atoms with Gasteiger partial charge in [0.25, 0.3) is 0 Å². The van der Waals surface area contributed by atoms with Crippen LogP contribution < -0.4 is 5.32 Å². The van der Waals surface area contributed by atoms with E-state index in [4.69, 9.17) is 11.6 Å². The monoisotopic (exact) mass is 253 g/mol. The van der Waals surface area contributed by atoms with E-state index in [-0.39, 0.29) is 0 Å². The van der Waals surface area contributed by atoms with Gasteiger partial charge >= 0.3 is 5.97 Å². The van der Waals surface area contributed by atoms with Crippen molar-refractivity contribution in [3.63, 3.8) is 0 Å². The molecule has 90 valence electrons. The molecule has 0 spiro atoms. The van der Waals surface area contributed by atoms with Crippen molar-refractivity contribution in [2.45, 2.75) is 6.92 Å². The maximum Gasteiger partial charge on any atom is 0.330 e. The van der Waals surface area contributed by atoms with E-state index < -0.39 is 11.9 Å². The molecule has 0 heterocycles. The van der Waals surface area contributed by atoms with Crippen LogP contribution in [0.1, 0.15) is 5.56 Å². The highest BCUT2D eigenvalue weighted by atomic mass is 35.5. The Morgan fingerprint density at radius 2 is 2.06 bits per heavy atom. The molecule has 0 radical (unpaired) electrons. The predicted molar refractivity (Wildman–Crippen MR) is 66.0 cm³/mol. The topological polar surface area (TPSA) is 55.4 Å². The zero-order valence-electron chi connectivity index (χ0n) is 9.49. The number of amides is 1. The molecule has 1 aromatic rings. The van der Waals surface area contributed by atoms with Gasteiger partial charge in [0.1, 0.15) is 0 Å². The quantitative estimate of drug-likeness (QED) is 0.664. The third-order valence-electron chi connectivity index (χ3n) is 2.10. The van der Waals surface area contributed by atoms with Gasteiger partial charge in [-0.05, 0) is 24.6 Å². The van der Waals surface area contributed by atoms with Crippen LogP contribution in [0.2, 0.25) is 5.02 Å². The van der Waals surface area contributed by atoms with E-state index in [1.54, 1.807) is 25.1 Å². The SMILES string of the molecule is COC(=O)/C=C\C(=O)Nc1cccc(Cl)c1C. The molecule has 0 aromatic heterocycles. The zero-order valence-corrected chi connectivity index (χ0v) is 10.2. The molecular weight excluding hydrogens is 242 g/mol. The Kier molecular flexibility index (Phi) is 4.72. The second-order valence-corrected chi connectivity index (χ2v) is 3.67. The fraction of sp³-hybridized carbons (Fsp3) is 0.167. The van der Waals surface area contributed by atoms with Gasteiger partial charge < -0.3 is 10.1 Å². The molecule has 0 bridgehead atoms. The lowest BCUT2D eigenvalue weighted by molar-refractivity contribution is -0.135. The van der Waals surface area contributed by atoms with Crippen LogP contribution in [-0.2, 0) is 14.3 Å². The molecule has 1 N–H and O–H groups in total. The Labute approximate surface area is 104 Å². The Balaban J connectivity index is 2.72. The molecule has 0 unspecified atom stereocenters. The summed E-state index contributed by atoms with van der Waals surface area (Å²) in [5.74, 6) is -0.997. The van der Waals surface area contributed by atoms with Gasteiger partial charge in [-0.2, -0.15) is 0 Å². The second kappa shape index (κ2) is 6.06. The van der Waals surface area contributed by atoms with E-state index in [1.165, 1.54) is 7.11 Å². The van der Waals surface area contributed by atoms with Gasteiger partial charge in [-0.15, -0.1) is 0 Å². The molecule has 0 aliphatic heterocycles. The Morgan fingerprint density at radius 1 is 1.35 bits per heavy atom. The maximum absolute atomic E-state index is 11.4. The number of nitrogens with one attached hydrogen (secondary N) is 1. The Hall–Kier alpha value is -1.81. The van der Waals surface area contributed by atoms with Crippen molar-refractivity contribution in [3.05, 3.63) is 40.9 Å². The summed E-state index contributed by atoms with van der Waals surface area (Å²) in [6.07, 6.45) is 2.15. The number of ether oxygens (including phenoxy) is 1. The fourth-order valence-electron chi connectivity index (χ4n) is 1.13. The summed E-state index contributed by atoms with van der Waals surface area (Å²) in [6, 6.07) is 5.19. The van der Waals surface area contributed by atoms with E-state index in [9.17, 15) is 9.59 Å². The number of carbonyl (C=O) groups excluding carboxylic acids is 2. The number of methoxy groups -OCH3 is 1. The van der Waals surface area contributed by atoms with Gasteiger partial charge in [0.2, 0.25) is 5.91 Å². The normalized spacial score (nSPS) is 10.3. The molecule has 1 rings (SSSR count). The summed E-state index contributed by atoms with van der Waals surface area (Å²) < 4.78 is 4.37. The molecular formula is C12H12ClNO3. The summed E-state index contributed by atoms with van der Waals surface area (Å²) in [5.41, 5.74) is 1.38. The average Bonchev–Trinajstić information content (AvgIpc) is 2.32. The summed E-state index contributed by atoms with van der Waals surface area (Å²) in [6.45, 7) is 1.79. The first kappa shape index (κ1) is 13.3. The van der Waals surface area contributed by atoms with E-state index in [0.717, 1.165) is 17.7 Å². The molecule has 0 fully saturated rings. The Morgan fingerprint density at radius 3 is 2.71 bits per heavy atom. The van der Waals surface area contributed by atoms with Crippen LogP contribution in [0.5, 0.6) is 0 Å². The van der Waals surface area contributed by atoms with Gasteiger partial charge in [-0.1, -0.05) is 17.7 Å². The lowest BCUT2D eigenvalue weighted by atomic mass is 10.2. The molecule has 5 heteroatoms. The molecule has 1 aromatic carbocycles. The highest BCUT2D eigenvalue weighted by Crippen LogP contribution is 2.22. The molecule has 0 saturated carbocycles. The minimum Gasteiger partial charge on any atom is -0.466 e. The number of benzene rings is 1. The zero-order chi connectivity index (χ0) is 12.8. The first-order valence-electron chi connectivity index (χ1n) is 4.86. The van der Waals surface area contributed by atoms with Crippen LogP contribution in [0.3, 0.4) is 0 Å². The van der Waals surface area contributed by atoms with Crippen LogP contribution >= 0.6 is 11.6 Å². The summed E-state index contributed by atoms with van der Waals surface area (Å²) in [4.78, 5) is 22.2. The number of halogens is 1. The summed E-state index contributed by atoms with van der Waals surface area (Å²) in [5, 5.41) is 3.18. The number of carbonyl (C=O) groups is 2. The predicted octanol–water partition coefficient (Wildman–Crippen LogP) is 2.32. The van der Waals surface area contributed by atoms with Crippen molar-refractivity contribution in [2.75, 3.05) is 12.4 Å². The van der Waals surface area contributed by atoms with Crippen LogP contribution in [0.15, 0.2) is 30.4 Å². The van der Waals surface area contributed by atoms with E-state index in [0.29, 0.717) is 10.7 Å². The second-order valence-electron chi connectivity index (χ2n) is 3.26. The van der Waals surface area contributed by atoms with Gasteiger partial charge in [0.05, 0.1) is 7.11 Å². The van der Waals surface area contributed by atoms with Crippen molar-refractivity contribution in [1.29, 1.82) is 0 Å². The van der Waals surface area contributed by atoms with Crippen molar-refractivity contribution >= 4 is 29.2 Å². The van der Waals surface area contributed by atoms with Gasteiger partial charge in [0.15, 0.2) is 0 Å². The number of anilines is 1. The summed E-state index contributed by atoms with van der Waals surface area (Å²) >= 11 is 5.90. The molecule has 0 aliphatic rings. The number of esters is 1. The minimum atomic E-state index is -0.581. The van der Waals surface area contributed by atoms with E-state index >= 15 is 0 Å². The van der Waals surface area contributed by atoms with Gasteiger partial charge in [-0.3, -0.25) is 4.79 Å². The van der Waals surface area contributed by atoms with Crippen LogP contribution in [0.25, 0.3) is 0 Å². The van der Waals surface area contributed by atoms with Crippen LogP contribution in [0.4, 0.5) is 5.69 Å². The molecule has 0 aliphatic carbocycles. The van der Waals surface area contributed by atoms with Crippen LogP contribution in [-0.4, -0.2) is 19.0 Å². The minimum absolute atomic E-state index is 0.416. The fourth-order valence-corrected chi connectivity index (χ4v) is 1.30. The van der Waals surface area contributed by atoms with E-state index in [2.05, 4.69) is 10.1 Å². The first-order valence-corrected chi connectivity index (χ1v) is 5.24. The number of hydrogen-bond acceptors (Lipinski definition) is 3. The standard InChI is InChI=1S/C12H12ClNO3/c1-8-9(13)4-3-5-10(8)14-11(15)6-7-12(16)17-2/h3-7H,1-2H3,(H,14,15)/b7-6-. The first-order chi connectivity index (χ1) is 8.04. The maximum atomic E-state index is 11.4. The lowest BCUT2D eigenvalue weighted by Gasteiger charge is -2.07. The number of hydrogen-bond donors (Lipinski definition) is 1. The molecule has 0 atom stereocenters. The molecule has 0 saturated heterocycles. The highest BCUT2D eigenvalue weighted by molar-refractivity contribution is 6.31. The lowest BCUT2D eigenvalue weighted by Crippen LogP contribution is -2.10. The Bertz CT molecular complexity index is 469. The molecule has 1 amide bonds. The van der Waals surface area contributed by atoms with Gasteiger partial charge in [-0.25, -0.2) is 4.79 Å². The number of rotatable bonds is 3. The van der Waals surface area contributed by atoms with Crippen LogP contribution in [0, 0.1) is 6.92 Å². The summed E-state index contributed by atoms with van der Waals surface area (Å²) in [7, 11) is 1.24.